The van der Waals surface area contributed by atoms with E-state index in [9.17, 15) is 4.79 Å². The maximum Gasteiger partial charge on any atom is 0.309 e. The third-order valence-corrected chi connectivity index (χ3v) is 3.30. The monoisotopic (exact) mass is 229 g/mol. The number of hydrogen-bond donors (Lipinski definition) is 1. The van der Waals surface area contributed by atoms with Gasteiger partial charge in [-0.3, -0.25) is 4.79 Å². The highest BCUT2D eigenvalue weighted by atomic mass is 16.7. The summed E-state index contributed by atoms with van der Waals surface area (Å²) in [6.45, 7) is 0.621. The molecule has 0 aromatic carbocycles. The molecule has 2 bridgehead atoms. The van der Waals surface area contributed by atoms with Crippen LogP contribution < -0.4 is 5.32 Å². The summed E-state index contributed by atoms with van der Waals surface area (Å²) in [6.07, 6.45) is 2.99. The van der Waals surface area contributed by atoms with Crippen LogP contribution in [0.15, 0.2) is 0 Å². The third-order valence-electron chi connectivity index (χ3n) is 3.30. The van der Waals surface area contributed by atoms with Crippen molar-refractivity contribution in [2.24, 2.45) is 0 Å². The number of carbonyl (C=O) groups is 1. The SMILES string of the molecule is CNCCC(=O)OC12CCC(CC1OC)O2. The van der Waals surface area contributed by atoms with Gasteiger partial charge in [-0.15, -0.1) is 0 Å². The first-order valence-electron chi connectivity index (χ1n) is 5.77. The van der Waals surface area contributed by atoms with Gasteiger partial charge >= 0.3 is 5.97 Å². The molecule has 1 N–H and O–H groups in total. The first-order chi connectivity index (χ1) is 7.70. The van der Waals surface area contributed by atoms with E-state index in [1.807, 2.05) is 0 Å². The number of ether oxygens (including phenoxy) is 3. The van der Waals surface area contributed by atoms with Crippen LogP contribution in [0, 0.1) is 0 Å². The van der Waals surface area contributed by atoms with Crippen LogP contribution in [0.1, 0.15) is 25.7 Å². The van der Waals surface area contributed by atoms with E-state index in [0.717, 1.165) is 19.3 Å². The molecule has 92 valence electrons. The van der Waals surface area contributed by atoms with Gasteiger partial charge in [0.15, 0.2) is 0 Å². The van der Waals surface area contributed by atoms with Gasteiger partial charge in [0.1, 0.15) is 6.10 Å². The maximum atomic E-state index is 11.6. The molecular formula is C11H19NO4. The summed E-state index contributed by atoms with van der Waals surface area (Å²) in [5, 5.41) is 2.92. The van der Waals surface area contributed by atoms with Crippen molar-refractivity contribution in [3.63, 3.8) is 0 Å². The zero-order chi connectivity index (χ0) is 11.6. The second-order valence-electron chi connectivity index (χ2n) is 4.38. The number of methoxy groups -OCH3 is 1. The molecule has 0 radical (unpaired) electrons. The number of esters is 1. The molecule has 0 amide bonds. The molecule has 3 unspecified atom stereocenters. The van der Waals surface area contributed by atoms with Crippen LogP contribution in [-0.4, -0.2) is 44.7 Å². The van der Waals surface area contributed by atoms with Gasteiger partial charge in [0.2, 0.25) is 5.79 Å². The van der Waals surface area contributed by atoms with Crippen LogP contribution in [0.3, 0.4) is 0 Å². The van der Waals surface area contributed by atoms with E-state index in [1.54, 1.807) is 14.2 Å². The van der Waals surface area contributed by atoms with E-state index in [4.69, 9.17) is 14.2 Å². The normalized spacial score (nSPS) is 36.6. The standard InChI is InChI=1S/C11H19NO4/c1-12-6-4-10(13)16-11-5-3-8(15-11)7-9(11)14-2/h8-9,12H,3-7H2,1-2H3. The second kappa shape index (κ2) is 4.69. The van der Waals surface area contributed by atoms with Crippen molar-refractivity contribution < 1.29 is 19.0 Å². The van der Waals surface area contributed by atoms with Gasteiger partial charge < -0.3 is 19.5 Å². The Bertz CT molecular complexity index is 271. The van der Waals surface area contributed by atoms with Gasteiger partial charge in [-0.1, -0.05) is 0 Å². The summed E-state index contributed by atoms with van der Waals surface area (Å²) >= 11 is 0. The number of rotatable bonds is 5. The van der Waals surface area contributed by atoms with Gasteiger partial charge in [-0.05, 0) is 13.5 Å². The summed E-state index contributed by atoms with van der Waals surface area (Å²) in [5.74, 6) is -1.02. The zero-order valence-electron chi connectivity index (χ0n) is 9.82. The summed E-state index contributed by atoms with van der Waals surface area (Å²) in [4.78, 5) is 11.6. The Morgan fingerprint density at radius 2 is 2.44 bits per heavy atom. The van der Waals surface area contributed by atoms with Crippen LogP contribution in [0.25, 0.3) is 0 Å². The van der Waals surface area contributed by atoms with Crippen LogP contribution in [0.4, 0.5) is 0 Å². The number of fused-ring (bicyclic) bond motifs is 2. The molecule has 2 heterocycles. The number of nitrogens with one attached hydrogen (secondary N) is 1. The van der Waals surface area contributed by atoms with Crippen molar-refractivity contribution >= 4 is 5.97 Å². The lowest BCUT2D eigenvalue weighted by atomic mass is 9.94. The molecule has 16 heavy (non-hydrogen) atoms. The van der Waals surface area contributed by atoms with Crippen LogP contribution in [-0.2, 0) is 19.0 Å². The Kier molecular flexibility index (Phi) is 3.47. The molecule has 3 atom stereocenters. The van der Waals surface area contributed by atoms with Gasteiger partial charge in [0.25, 0.3) is 0 Å². The Morgan fingerprint density at radius 3 is 3.06 bits per heavy atom. The lowest BCUT2D eigenvalue weighted by Gasteiger charge is -2.30. The Morgan fingerprint density at radius 1 is 1.62 bits per heavy atom. The summed E-state index contributed by atoms with van der Waals surface area (Å²) in [6, 6.07) is 0. The molecule has 5 heteroatoms. The minimum absolute atomic E-state index is 0.107. The largest absolute Gasteiger partial charge is 0.430 e. The fourth-order valence-corrected chi connectivity index (χ4v) is 2.47. The fraction of sp³-hybridized carbons (Fsp3) is 0.909. The molecule has 5 nitrogen and oxygen atoms in total. The summed E-state index contributed by atoms with van der Waals surface area (Å²) in [5.41, 5.74) is 0. The highest BCUT2D eigenvalue weighted by Crippen LogP contribution is 2.45. The first-order valence-corrected chi connectivity index (χ1v) is 5.77. The average Bonchev–Trinajstić information content (AvgIpc) is 2.82. The van der Waals surface area contributed by atoms with Crippen LogP contribution in [0.5, 0.6) is 0 Å². The van der Waals surface area contributed by atoms with Crippen LogP contribution in [0.2, 0.25) is 0 Å². The number of carbonyl (C=O) groups excluding carboxylic acids is 1. The molecule has 0 aromatic heterocycles. The lowest BCUT2D eigenvalue weighted by Crippen LogP contribution is -2.44. The van der Waals surface area contributed by atoms with Gasteiger partial charge in [0.05, 0.1) is 12.5 Å². The molecule has 2 aliphatic heterocycles. The fourth-order valence-electron chi connectivity index (χ4n) is 2.47. The maximum absolute atomic E-state index is 11.6. The molecule has 0 aliphatic carbocycles. The van der Waals surface area contributed by atoms with E-state index in [2.05, 4.69) is 5.32 Å². The molecule has 0 aromatic rings. The van der Waals surface area contributed by atoms with Crippen LogP contribution >= 0.6 is 0 Å². The Balaban J connectivity index is 1.93. The quantitative estimate of drug-likeness (QED) is 0.693. The molecular weight excluding hydrogens is 210 g/mol. The highest BCUT2D eigenvalue weighted by Gasteiger charge is 2.57. The Hall–Kier alpha value is -0.650. The van der Waals surface area contributed by atoms with E-state index in [-0.39, 0.29) is 18.2 Å². The molecule has 0 spiro atoms. The topological polar surface area (TPSA) is 56.8 Å². The second-order valence-corrected chi connectivity index (χ2v) is 4.38. The minimum Gasteiger partial charge on any atom is -0.430 e. The smallest absolute Gasteiger partial charge is 0.309 e. The zero-order valence-corrected chi connectivity index (χ0v) is 9.82. The number of hydrogen-bond acceptors (Lipinski definition) is 5. The van der Waals surface area contributed by atoms with E-state index >= 15 is 0 Å². The molecule has 2 rings (SSSR count). The first kappa shape index (κ1) is 11.8. The van der Waals surface area contributed by atoms with Crippen molar-refractivity contribution in [3.05, 3.63) is 0 Å². The summed E-state index contributed by atoms with van der Waals surface area (Å²) in [7, 11) is 3.44. The molecule has 0 saturated carbocycles. The lowest BCUT2D eigenvalue weighted by molar-refractivity contribution is -0.234. The van der Waals surface area contributed by atoms with Crippen molar-refractivity contribution in [1.29, 1.82) is 0 Å². The average molecular weight is 229 g/mol. The van der Waals surface area contributed by atoms with E-state index < -0.39 is 5.79 Å². The van der Waals surface area contributed by atoms with Gasteiger partial charge in [0, 0.05) is 26.5 Å². The van der Waals surface area contributed by atoms with E-state index in [0.29, 0.717) is 13.0 Å². The van der Waals surface area contributed by atoms with E-state index in [1.165, 1.54) is 0 Å². The predicted octanol–water partition coefficient (Wildman–Crippen LogP) is 0.433. The van der Waals surface area contributed by atoms with Gasteiger partial charge in [-0.2, -0.15) is 0 Å². The third kappa shape index (κ3) is 2.07. The molecule has 2 fully saturated rings. The van der Waals surface area contributed by atoms with Crippen molar-refractivity contribution in [1.82, 2.24) is 5.32 Å². The molecule has 2 saturated heterocycles. The summed E-state index contributed by atoms with van der Waals surface area (Å²) < 4.78 is 16.5. The van der Waals surface area contributed by atoms with Crippen molar-refractivity contribution in [3.8, 4) is 0 Å². The minimum atomic E-state index is -0.801. The van der Waals surface area contributed by atoms with Crippen molar-refractivity contribution in [2.45, 2.75) is 43.7 Å². The predicted molar refractivity (Wildman–Crippen MR) is 56.9 cm³/mol. The highest BCUT2D eigenvalue weighted by molar-refractivity contribution is 5.70. The van der Waals surface area contributed by atoms with Crippen molar-refractivity contribution in [2.75, 3.05) is 20.7 Å². The molecule has 2 aliphatic rings. The Labute approximate surface area is 95.4 Å². The van der Waals surface area contributed by atoms with Gasteiger partial charge in [-0.25, -0.2) is 0 Å².